The molecular formula is C13H14N2O3. The van der Waals surface area contributed by atoms with Crippen LogP contribution in [-0.4, -0.2) is 22.0 Å². The molecule has 1 aliphatic rings. The number of fused-ring (bicyclic) bond motifs is 1. The second-order valence-electron chi connectivity index (χ2n) is 4.11. The number of nitrogens with zero attached hydrogens (tertiary/aromatic N) is 1. The number of nitrogens with one attached hydrogen (secondary N) is 1. The molecule has 5 nitrogen and oxygen atoms in total. The third-order valence-corrected chi connectivity index (χ3v) is 2.78. The fraction of sp³-hybridized carbons (Fsp3) is 0.231. The highest BCUT2D eigenvalue weighted by Crippen LogP contribution is 2.25. The lowest BCUT2D eigenvalue weighted by Crippen LogP contribution is -2.22. The summed E-state index contributed by atoms with van der Waals surface area (Å²) in [5.41, 5.74) is 2.61. The number of hydrogen-bond acceptors (Lipinski definition) is 2. The summed E-state index contributed by atoms with van der Waals surface area (Å²) in [5, 5.41) is 11.6. The molecule has 0 bridgehead atoms. The average molecular weight is 246 g/mol. The molecular weight excluding hydrogens is 232 g/mol. The molecule has 2 amide bonds. The second kappa shape index (κ2) is 4.91. The predicted octanol–water partition coefficient (Wildman–Crippen LogP) is 2.19. The van der Waals surface area contributed by atoms with E-state index in [4.69, 9.17) is 5.11 Å². The zero-order valence-electron chi connectivity index (χ0n) is 10.0. The van der Waals surface area contributed by atoms with E-state index in [0.717, 1.165) is 11.1 Å². The van der Waals surface area contributed by atoms with Gasteiger partial charge in [-0.05, 0) is 36.3 Å². The van der Waals surface area contributed by atoms with Crippen molar-refractivity contribution in [1.29, 1.82) is 0 Å². The molecule has 0 saturated heterocycles. The number of anilines is 1. The van der Waals surface area contributed by atoms with Gasteiger partial charge in [0.25, 0.3) is 0 Å². The van der Waals surface area contributed by atoms with Crippen LogP contribution < -0.4 is 5.32 Å². The van der Waals surface area contributed by atoms with Crippen LogP contribution >= 0.6 is 0 Å². The van der Waals surface area contributed by atoms with Gasteiger partial charge < -0.3 is 10.4 Å². The second-order valence-corrected chi connectivity index (χ2v) is 4.11. The Morgan fingerprint density at radius 1 is 1.33 bits per heavy atom. The van der Waals surface area contributed by atoms with E-state index in [-0.39, 0.29) is 5.91 Å². The van der Waals surface area contributed by atoms with Gasteiger partial charge in [-0.25, -0.2) is 4.79 Å². The van der Waals surface area contributed by atoms with E-state index in [9.17, 15) is 9.59 Å². The average Bonchev–Trinajstić information content (AvgIpc) is 2.72. The summed E-state index contributed by atoms with van der Waals surface area (Å²) < 4.78 is 0. The molecule has 0 radical (unpaired) electrons. The molecule has 1 heterocycles. The highest BCUT2D eigenvalue weighted by atomic mass is 16.4. The predicted molar refractivity (Wildman–Crippen MR) is 67.2 cm³/mol. The summed E-state index contributed by atoms with van der Waals surface area (Å²) >= 11 is 0. The van der Waals surface area contributed by atoms with E-state index >= 15 is 0 Å². The van der Waals surface area contributed by atoms with Crippen LogP contribution in [0.15, 0.2) is 30.4 Å². The van der Waals surface area contributed by atoms with Crippen LogP contribution in [0.1, 0.15) is 18.1 Å². The molecule has 5 heteroatoms. The molecule has 18 heavy (non-hydrogen) atoms. The zero-order valence-corrected chi connectivity index (χ0v) is 10.0. The molecule has 0 aromatic heterocycles. The molecule has 1 aromatic carbocycles. The number of carboxylic acid groups (broad SMARTS) is 1. The van der Waals surface area contributed by atoms with Crippen LogP contribution in [0.25, 0.3) is 0 Å². The van der Waals surface area contributed by atoms with Gasteiger partial charge >= 0.3 is 6.09 Å². The Bertz CT molecular complexity index is 523. The minimum Gasteiger partial charge on any atom is -0.465 e. The number of carbonyl (C=O) groups excluding carboxylic acids is 1. The first-order valence-corrected chi connectivity index (χ1v) is 5.63. The third-order valence-electron chi connectivity index (χ3n) is 2.78. The highest BCUT2D eigenvalue weighted by molar-refractivity contribution is 5.99. The maximum atomic E-state index is 11.4. The SMILES string of the molecule is CC=CC(=O)Nc1ccc2c(c1)CN(C(=O)O)C2. The van der Waals surface area contributed by atoms with Gasteiger partial charge in [0.05, 0.1) is 0 Å². The van der Waals surface area contributed by atoms with Crippen molar-refractivity contribution in [2.45, 2.75) is 20.0 Å². The zero-order chi connectivity index (χ0) is 13.1. The number of allylic oxidation sites excluding steroid dienone is 1. The van der Waals surface area contributed by atoms with Crippen LogP contribution in [0.2, 0.25) is 0 Å². The fourth-order valence-electron chi connectivity index (χ4n) is 1.94. The van der Waals surface area contributed by atoms with Crippen molar-refractivity contribution < 1.29 is 14.7 Å². The Balaban J connectivity index is 2.13. The molecule has 0 atom stereocenters. The van der Waals surface area contributed by atoms with Crippen LogP contribution in [0.3, 0.4) is 0 Å². The first kappa shape index (κ1) is 12.2. The van der Waals surface area contributed by atoms with E-state index < -0.39 is 6.09 Å². The number of hydrogen-bond donors (Lipinski definition) is 2. The lowest BCUT2D eigenvalue weighted by molar-refractivity contribution is -0.111. The maximum Gasteiger partial charge on any atom is 0.407 e. The van der Waals surface area contributed by atoms with Crippen LogP contribution in [0.5, 0.6) is 0 Å². The topological polar surface area (TPSA) is 69.6 Å². The molecule has 2 rings (SSSR count). The largest absolute Gasteiger partial charge is 0.465 e. The molecule has 0 spiro atoms. The normalized spacial score (nSPS) is 13.7. The van der Waals surface area contributed by atoms with E-state index in [1.54, 1.807) is 19.1 Å². The third kappa shape index (κ3) is 2.51. The van der Waals surface area contributed by atoms with E-state index in [1.165, 1.54) is 11.0 Å². The summed E-state index contributed by atoms with van der Waals surface area (Å²) in [6, 6.07) is 5.45. The summed E-state index contributed by atoms with van der Waals surface area (Å²) in [7, 11) is 0. The molecule has 1 aliphatic heterocycles. The lowest BCUT2D eigenvalue weighted by Gasteiger charge is -2.08. The summed E-state index contributed by atoms with van der Waals surface area (Å²) in [6.45, 7) is 2.55. The van der Waals surface area contributed by atoms with Gasteiger partial charge in [-0.3, -0.25) is 9.69 Å². The first-order chi connectivity index (χ1) is 8.60. The van der Waals surface area contributed by atoms with E-state index in [1.807, 2.05) is 12.1 Å². The minimum atomic E-state index is -0.925. The molecule has 0 unspecified atom stereocenters. The Labute approximate surface area is 105 Å². The van der Waals surface area contributed by atoms with Gasteiger partial charge in [0.2, 0.25) is 5.91 Å². The van der Waals surface area contributed by atoms with Crippen LogP contribution in [-0.2, 0) is 17.9 Å². The van der Waals surface area contributed by atoms with Crippen molar-refractivity contribution in [3.05, 3.63) is 41.5 Å². The Morgan fingerprint density at radius 2 is 2.06 bits per heavy atom. The minimum absolute atomic E-state index is 0.189. The van der Waals surface area contributed by atoms with Gasteiger partial charge in [-0.2, -0.15) is 0 Å². The van der Waals surface area contributed by atoms with Crippen molar-refractivity contribution >= 4 is 17.7 Å². The van der Waals surface area contributed by atoms with Gasteiger partial charge in [-0.15, -0.1) is 0 Å². The number of amides is 2. The summed E-state index contributed by atoms with van der Waals surface area (Å²) in [6.07, 6.45) is 2.18. The van der Waals surface area contributed by atoms with E-state index in [0.29, 0.717) is 18.8 Å². The fourth-order valence-corrected chi connectivity index (χ4v) is 1.94. The number of carbonyl (C=O) groups is 2. The number of benzene rings is 1. The highest BCUT2D eigenvalue weighted by Gasteiger charge is 2.22. The Morgan fingerprint density at radius 3 is 2.72 bits per heavy atom. The molecule has 1 aromatic rings. The smallest absolute Gasteiger partial charge is 0.407 e. The van der Waals surface area contributed by atoms with Gasteiger partial charge in [0, 0.05) is 18.8 Å². The molecule has 2 N–H and O–H groups in total. The van der Waals surface area contributed by atoms with Crippen LogP contribution in [0.4, 0.5) is 10.5 Å². The monoisotopic (exact) mass is 246 g/mol. The Hall–Kier alpha value is -2.30. The summed E-state index contributed by atoms with van der Waals surface area (Å²) in [5.74, 6) is -0.189. The first-order valence-electron chi connectivity index (χ1n) is 5.63. The quantitative estimate of drug-likeness (QED) is 0.786. The molecule has 0 saturated carbocycles. The molecule has 0 aliphatic carbocycles. The number of rotatable bonds is 2. The van der Waals surface area contributed by atoms with Crippen molar-refractivity contribution in [2.24, 2.45) is 0 Å². The van der Waals surface area contributed by atoms with Crippen molar-refractivity contribution in [3.63, 3.8) is 0 Å². The maximum absolute atomic E-state index is 11.4. The van der Waals surface area contributed by atoms with Gasteiger partial charge in [0.15, 0.2) is 0 Å². The molecule has 94 valence electrons. The van der Waals surface area contributed by atoms with Crippen LogP contribution in [0, 0.1) is 0 Å². The molecule has 0 fully saturated rings. The van der Waals surface area contributed by atoms with Crippen molar-refractivity contribution in [3.8, 4) is 0 Å². The van der Waals surface area contributed by atoms with Crippen molar-refractivity contribution in [1.82, 2.24) is 4.90 Å². The van der Waals surface area contributed by atoms with Crippen molar-refractivity contribution in [2.75, 3.05) is 5.32 Å². The van der Waals surface area contributed by atoms with Gasteiger partial charge in [0.1, 0.15) is 0 Å². The van der Waals surface area contributed by atoms with Gasteiger partial charge in [-0.1, -0.05) is 12.1 Å². The van der Waals surface area contributed by atoms with E-state index in [2.05, 4.69) is 5.32 Å². The summed E-state index contributed by atoms with van der Waals surface area (Å²) in [4.78, 5) is 23.6. The Kier molecular flexibility index (Phi) is 3.32. The lowest BCUT2D eigenvalue weighted by atomic mass is 10.1. The standard InChI is InChI=1S/C13H14N2O3/c1-2-3-12(16)14-11-5-4-9-7-15(13(17)18)8-10(9)6-11/h2-6H,7-8H2,1H3,(H,14,16)(H,17,18).